The molecule has 0 aliphatic carbocycles. The molecule has 2 nitrogen and oxygen atoms in total. The molecule has 114 valence electrons. The molecule has 0 fully saturated rings. The van der Waals surface area contributed by atoms with Gasteiger partial charge in [0.1, 0.15) is 5.01 Å². The first-order chi connectivity index (χ1) is 9.77. The van der Waals surface area contributed by atoms with E-state index in [4.69, 9.17) is 4.98 Å². The van der Waals surface area contributed by atoms with E-state index < -0.39 is 0 Å². The first-order valence-electron chi connectivity index (χ1n) is 7.58. The topological polar surface area (TPSA) is 24.9 Å². The number of aryl methyl sites for hydroxylation is 1. The van der Waals surface area contributed by atoms with Gasteiger partial charge in [-0.05, 0) is 13.0 Å². The summed E-state index contributed by atoms with van der Waals surface area (Å²) >= 11 is 1.82. The number of thiazole rings is 1. The van der Waals surface area contributed by atoms with E-state index in [1.165, 1.54) is 21.7 Å². The fourth-order valence-corrected chi connectivity index (χ4v) is 3.48. The summed E-state index contributed by atoms with van der Waals surface area (Å²) in [6, 6.07) is 9.09. The van der Waals surface area contributed by atoms with Crippen LogP contribution in [0.2, 0.25) is 0 Å². The molecule has 0 aliphatic heterocycles. The van der Waals surface area contributed by atoms with Crippen LogP contribution in [-0.4, -0.2) is 11.0 Å². The molecule has 21 heavy (non-hydrogen) atoms. The Kier molecular flexibility index (Phi) is 4.84. The van der Waals surface area contributed by atoms with Gasteiger partial charge >= 0.3 is 0 Å². The van der Waals surface area contributed by atoms with E-state index in [0.29, 0.717) is 6.04 Å². The van der Waals surface area contributed by atoms with Gasteiger partial charge in [0, 0.05) is 28.4 Å². The highest BCUT2D eigenvalue weighted by Crippen LogP contribution is 2.34. The lowest BCUT2D eigenvalue weighted by Gasteiger charge is -2.18. The molecule has 0 atom stereocenters. The van der Waals surface area contributed by atoms with E-state index in [1.54, 1.807) is 0 Å². The average Bonchev–Trinajstić information content (AvgIpc) is 2.80. The fourth-order valence-electron chi connectivity index (χ4n) is 2.26. The van der Waals surface area contributed by atoms with Gasteiger partial charge in [0.05, 0.1) is 5.69 Å². The largest absolute Gasteiger partial charge is 0.310 e. The third-order valence-electron chi connectivity index (χ3n) is 3.34. The van der Waals surface area contributed by atoms with Crippen LogP contribution in [0.25, 0.3) is 10.6 Å². The van der Waals surface area contributed by atoms with E-state index in [-0.39, 0.29) is 5.41 Å². The second-order valence-corrected chi connectivity index (χ2v) is 8.03. The molecule has 0 saturated carbocycles. The third kappa shape index (κ3) is 4.14. The third-order valence-corrected chi connectivity index (χ3v) is 4.45. The van der Waals surface area contributed by atoms with Crippen molar-refractivity contribution >= 4 is 11.3 Å². The first-order valence-corrected chi connectivity index (χ1v) is 8.39. The number of nitrogens with zero attached hydrogens (tertiary/aromatic N) is 1. The lowest BCUT2D eigenvalue weighted by molar-refractivity contribution is 0.546. The molecule has 0 spiro atoms. The average molecular weight is 302 g/mol. The summed E-state index contributed by atoms with van der Waals surface area (Å²) < 4.78 is 0. The molecule has 0 unspecified atom stereocenters. The molecule has 3 heteroatoms. The normalized spacial score (nSPS) is 12.1. The van der Waals surface area contributed by atoms with E-state index in [9.17, 15) is 0 Å². The zero-order chi connectivity index (χ0) is 15.6. The lowest BCUT2D eigenvalue weighted by Crippen LogP contribution is -2.23. The number of hydrogen-bond acceptors (Lipinski definition) is 3. The fraction of sp³-hybridized carbons (Fsp3) is 0.500. The van der Waals surface area contributed by atoms with Crippen LogP contribution in [0.15, 0.2) is 24.3 Å². The van der Waals surface area contributed by atoms with E-state index in [2.05, 4.69) is 71.1 Å². The Labute approximate surface area is 132 Å². The Balaban J connectivity index is 2.40. The van der Waals surface area contributed by atoms with Gasteiger partial charge < -0.3 is 5.32 Å². The van der Waals surface area contributed by atoms with Crippen LogP contribution in [0.5, 0.6) is 0 Å². The lowest BCUT2D eigenvalue weighted by atomic mass is 9.91. The molecular weight excluding hydrogens is 276 g/mol. The minimum absolute atomic E-state index is 0.0760. The maximum atomic E-state index is 4.95. The summed E-state index contributed by atoms with van der Waals surface area (Å²) in [6.07, 6.45) is 0. The van der Waals surface area contributed by atoms with Gasteiger partial charge in [-0.25, -0.2) is 4.98 Å². The van der Waals surface area contributed by atoms with Crippen LogP contribution in [0.3, 0.4) is 0 Å². The van der Waals surface area contributed by atoms with Crippen LogP contribution in [0.4, 0.5) is 0 Å². The quantitative estimate of drug-likeness (QED) is 0.867. The predicted molar refractivity (Wildman–Crippen MR) is 93.0 cm³/mol. The van der Waals surface area contributed by atoms with Crippen LogP contribution in [-0.2, 0) is 12.0 Å². The molecule has 2 rings (SSSR count). The summed E-state index contributed by atoms with van der Waals surface area (Å²) in [6.45, 7) is 14.1. The second-order valence-electron chi connectivity index (χ2n) is 6.95. The Bertz CT molecular complexity index is 606. The number of nitrogens with one attached hydrogen (secondary N) is 1. The highest BCUT2D eigenvalue weighted by molar-refractivity contribution is 7.15. The van der Waals surface area contributed by atoms with Crippen LogP contribution in [0, 0.1) is 6.92 Å². The minimum atomic E-state index is 0.0760. The van der Waals surface area contributed by atoms with Crippen LogP contribution in [0.1, 0.15) is 50.8 Å². The Hall–Kier alpha value is -1.19. The van der Waals surface area contributed by atoms with Crippen molar-refractivity contribution in [3.05, 3.63) is 40.4 Å². The van der Waals surface area contributed by atoms with Crippen molar-refractivity contribution in [1.82, 2.24) is 10.3 Å². The SMILES string of the molecule is Cc1cccc(-c2nc(C(C)(C)C)c(CNC(C)C)s2)c1. The number of rotatable bonds is 4. The molecule has 0 saturated heterocycles. The Morgan fingerprint density at radius 3 is 2.52 bits per heavy atom. The molecule has 1 heterocycles. The van der Waals surface area contributed by atoms with Crippen LogP contribution >= 0.6 is 11.3 Å². The van der Waals surface area contributed by atoms with Gasteiger partial charge in [-0.3, -0.25) is 0 Å². The van der Waals surface area contributed by atoms with Gasteiger partial charge in [-0.2, -0.15) is 0 Å². The molecule has 1 aromatic heterocycles. The molecule has 2 aromatic rings. The zero-order valence-electron chi connectivity index (χ0n) is 13.9. The maximum absolute atomic E-state index is 4.95. The molecule has 0 radical (unpaired) electrons. The standard InChI is InChI=1S/C18H26N2S/c1-12(2)19-11-15-16(18(4,5)6)20-17(21-15)14-9-7-8-13(3)10-14/h7-10,12,19H,11H2,1-6H3. The Morgan fingerprint density at radius 2 is 1.95 bits per heavy atom. The van der Waals surface area contributed by atoms with E-state index in [1.807, 2.05) is 11.3 Å². The van der Waals surface area contributed by atoms with Crippen molar-refractivity contribution in [2.24, 2.45) is 0 Å². The number of hydrogen-bond donors (Lipinski definition) is 1. The zero-order valence-corrected chi connectivity index (χ0v) is 14.8. The van der Waals surface area contributed by atoms with Crippen molar-refractivity contribution in [2.45, 2.75) is 59.5 Å². The van der Waals surface area contributed by atoms with Crippen molar-refractivity contribution in [1.29, 1.82) is 0 Å². The summed E-state index contributed by atoms with van der Waals surface area (Å²) in [5, 5.41) is 4.65. The maximum Gasteiger partial charge on any atom is 0.123 e. The highest BCUT2D eigenvalue weighted by atomic mass is 32.1. The van der Waals surface area contributed by atoms with Gasteiger partial charge in [-0.15, -0.1) is 11.3 Å². The smallest absolute Gasteiger partial charge is 0.123 e. The summed E-state index contributed by atoms with van der Waals surface area (Å²) in [4.78, 5) is 6.30. The van der Waals surface area contributed by atoms with Gasteiger partial charge in [0.25, 0.3) is 0 Å². The molecule has 1 N–H and O–H groups in total. The second kappa shape index (κ2) is 6.29. The summed E-state index contributed by atoms with van der Waals surface area (Å²) in [5.41, 5.74) is 3.80. The molecule has 1 aromatic carbocycles. The van der Waals surface area contributed by atoms with Gasteiger partial charge in [-0.1, -0.05) is 58.4 Å². The van der Waals surface area contributed by atoms with Crippen molar-refractivity contribution in [3.8, 4) is 10.6 Å². The highest BCUT2D eigenvalue weighted by Gasteiger charge is 2.23. The summed E-state index contributed by atoms with van der Waals surface area (Å²) in [7, 11) is 0. The monoisotopic (exact) mass is 302 g/mol. The van der Waals surface area contributed by atoms with E-state index in [0.717, 1.165) is 11.6 Å². The molecule has 0 amide bonds. The van der Waals surface area contributed by atoms with Crippen molar-refractivity contribution in [3.63, 3.8) is 0 Å². The minimum Gasteiger partial charge on any atom is -0.310 e. The number of benzene rings is 1. The summed E-state index contributed by atoms with van der Waals surface area (Å²) in [5.74, 6) is 0. The van der Waals surface area contributed by atoms with Crippen molar-refractivity contribution in [2.75, 3.05) is 0 Å². The predicted octanol–water partition coefficient (Wildman–Crippen LogP) is 4.91. The molecular formula is C18H26N2S. The molecule has 0 bridgehead atoms. The molecule has 0 aliphatic rings. The first kappa shape index (κ1) is 16.2. The van der Waals surface area contributed by atoms with Crippen molar-refractivity contribution < 1.29 is 0 Å². The number of aromatic nitrogens is 1. The van der Waals surface area contributed by atoms with E-state index >= 15 is 0 Å². The Morgan fingerprint density at radius 1 is 1.24 bits per heavy atom. The van der Waals surface area contributed by atoms with Gasteiger partial charge in [0.2, 0.25) is 0 Å². The van der Waals surface area contributed by atoms with Gasteiger partial charge in [0.15, 0.2) is 0 Å². The van der Waals surface area contributed by atoms with Crippen LogP contribution < -0.4 is 5.32 Å².